The fourth-order valence-electron chi connectivity index (χ4n) is 1.92. The Labute approximate surface area is 116 Å². The summed E-state index contributed by atoms with van der Waals surface area (Å²) in [4.78, 5) is 0. The summed E-state index contributed by atoms with van der Waals surface area (Å²) in [7, 11) is 0. The van der Waals surface area contributed by atoms with E-state index >= 15 is 0 Å². The molecule has 0 fully saturated rings. The molecule has 17 heavy (non-hydrogen) atoms. The normalized spacial score (nSPS) is 12.6. The number of nitrogens with zero attached hydrogens (tertiary/aromatic N) is 2. The summed E-state index contributed by atoms with van der Waals surface area (Å²) in [5, 5.41) is 4.45. The van der Waals surface area contributed by atoms with Crippen LogP contribution in [-0.2, 0) is 0 Å². The third-order valence-electron chi connectivity index (χ3n) is 2.94. The monoisotopic (exact) mass is 340 g/mol. The van der Waals surface area contributed by atoms with Gasteiger partial charge in [0.25, 0.3) is 0 Å². The summed E-state index contributed by atoms with van der Waals surface area (Å²) in [5.41, 5.74) is 2.43. The molecule has 2 nitrogen and oxygen atoms in total. The predicted octanol–water partition coefficient (Wildman–Crippen LogP) is 4.52. The van der Waals surface area contributed by atoms with E-state index in [0.717, 1.165) is 0 Å². The molecule has 0 bridgehead atoms. The molecule has 0 saturated heterocycles. The lowest BCUT2D eigenvalue weighted by molar-refractivity contribution is 0.455. The van der Waals surface area contributed by atoms with E-state index in [1.807, 2.05) is 6.20 Å². The minimum absolute atomic E-state index is 0.484. The Kier molecular flexibility index (Phi) is 4.20. The Morgan fingerprint density at radius 1 is 1.24 bits per heavy atom. The number of hydrogen-bond acceptors (Lipinski definition) is 1. The van der Waals surface area contributed by atoms with Crippen LogP contribution in [0.25, 0.3) is 11.1 Å². The van der Waals surface area contributed by atoms with Crippen molar-refractivity contribution < 1.29 is 0 Å². The first kappa shape index (κ1) is 12.6. The minimum Gasteiger partial charge on any atom is -0.269 e. The zero-order chi connectivity index (χ0) is 12.3. The molecule has 0 saturated carbocycles. The van der Waals surface area contributed by atoms with Crippen molar-refractivity contribution in [3.63, 3.8) is 0 Å². The lowest BCUT2D eigenvalue weighted by Gasteiger charge is -2.09. The third kappa shape index (κ3) is 3.09. The average Bonchev–Trinajstić information content (AvgIpc) is 2.80. The van der Waals surface area contributed by atoms with Gasteiger partial charge in [-0.1, -0.05) is 25.5 Å². The van der Waals surface area contributed by atoms with E-state index in [9.17, 15) is 0 Å². The van der Waals surface area contributed by atoms with Gasteiger partial charge in [-0.25, -0.2) is 0 Å². The molecule has 1 aromatic heterocycles. The molecule has 0 aliphatic rings. The fraction of sp³-hybridized carbons (Fsp3) is 0.357. The standard InChI is InChI=1S/C14H17IN2/c1-3-4-11(2)17-10-13(9-16-17)12-5-7-14(15)8-6-12/h5-11H,3-4H2,1-2H3. The smallest absolute Gasteiger partial charge is 0.0568 e. The molecule has 0 aliphatic carbocycles. The molecule has 0 N–H and O–H groups in total. The van der Waals surface area contributed by atoms with Gasteiger partial charge in [-0.15, -0.1) is 0 Å². The maximum Gasteiger partial charge on any atom is 0.0568 e. The van der Waals surface area contributed by atoms with Gasteiger partial charge >= 0.3 is 0 Å². The number of hydrogen-bond donors (Lipinski definition) is 0. The molecule has 2 rings (SSSR count). The molecule has 1 atom stereocenters. The first-order valence-electron chi connectivity index (χ1n) is 6.01. The predicted molar refractivity (Wildman–Crippen MR) is 80.0 cm³/mol. The number of rotatable bonds is 4. The van der Waals surface area contributed by atoms with Gasteiger partial charge in [0.15, 0.2) is 0 Å². The van der Waals surface area contributed by atoms with Crippen LogP contribution >= 0.6 is 22.6 Å². The van der Waals surface area contributed by atoms with E-state index in [1.54, 1.807) is 0 Å². The van der Waals surface area contributed by atoms with Gasteiger partial charge in [0.2, 0.25) is 0 Å². The quantitative estimate of drug-likeness (QED) is 0.749. The SMILES string of the molecule is CCCC(C)n1cc(-c2ccc(I)cc2)cn1. The maximum atomic E-state index is 4.45. The maximum absolute atomic E-state index is 4.45. The van der Waals surface area contributed by atoms with Gasteiger partial charge in [-0.2, -0.15) is 5.10 Å². The molecular formula is C14H17IN2. The van der Waals surface area contributed by atoms with Crippen LogP contribution in [0.4, 0.5) is 0 Å². The van der Waals surface area contributed by atoms with E-state index in [1.165, 1.54) is 27.5 Å². The molecule has 0 aliphatic heterocycles. The lowest BCUT2D eigenvalue weighted by Crippen LogP contribution is -2.04. The zero-order valence-corrected chi connectivity index (χ0v) is 12.4. The van der Waals surface area contributed by atoms with Crippen molar-refractivity contribution in [1.29, 1.82) is 0 Å². The highest BCUT2D eigenvalue weighted by Gasteiger charge is 2.06. The second-order valence-corrected chi connectivity index (χ2v) is 5.60. The Bertz CT molecular complexity index is 473. The van der Waals surface area contributed by atoms with Crippen LogP contribution in [0.1, 0.15) is 32.7 Å². The molecule has 3 heteroatoms. The first-order chi connectivity index (χ1) is 8.20. The fourth-order valence-corrected chi connectivity index (χ4v) is 2.28. The molecule has 0 spiro atoms. The number of aromatic nitrogens is 2. The molecule has 1 heterocycles. The molecule has 0 radical (unpaired) electrons. The summed E-state index contributed by atoms with van der Waals surface area (Å²) in [5.74, 6) is 0. The zero-order valence-electron chi connectivity index (χ0n) is 10.2. The molecule has 90 valence electrons. The molecule has 1 unspecified atom stereocenters. The van der Waals surface area contributed by atoms with Crippen LogP contribution in [0, 0.1) is 3.57 Å². The van der Waals surface area contributed by atoms with E-state index in [-0.39, 0.29) is 0 Å². The van der Waals surface area contributed by atoms with Crippen molar-refractivity contribution in [1.82, 2.24) is 9.78 Å². The first-order valence-corrected chi connectivity index (χ1v) is 7.08. The van der Waals surface area contributed by atoms with Gasteiger partial charge < -0.3 is 0 Å². The third-order valence-corrected chi connectivity index (χ3v) is 3.66. The van der Waals surface area contributed by atoms with Crippen molar-refractivity contribution in [2.24, 2.45) is 0 Å². The van der Waals surface area contributed by atoms with Crippen LogP contribution < -0.4 is 0 Å². The topological polar surface area (TPSA) is 17.8 Å². The van der Waals surface area contributed by atoms with Crippen molar-refractivity contribution in [2.45, 2.75) is 32.7 Å². The summed E-state index contributed by atoms with van der Waals surface area (Å²) in [6.45, 7) is 4.42. The highest BCUT2D eigenvalue weighted by molar-refractivity contribution is 14.1. The largest absolute Gasteiger partial charge is 0.269 e. The molecule has 2 aromatic rings. The van der Waals surface area contributed by atoms with Gasteiger partial charge in [-0.05, 0) is 53.6 Å². The Balaban J connectivity index is 2.20. The number of benzene rings is 1. The van der Waals surface area contributed by atoms with Crippen molar-refractivity contribution in [3.05, 3.63) is 40.2 Å². The summed E-state index contributed by atoms with van der Waals surface area (Å²) in [6, 6.07) is 9.03. The second-order valence-electron chi connectivity index (χ2n) is 4.35. The van der Waals surface area contributed by atoms with Gasteiger partial charge in [-0.3, -0.25) is 4.68 Å². The Hall–Kier alpha value is -0.840. The van der Waals surface area contributed by atoms with Crippen LogP contribution in [0.3, 0.4) is 0 Å². The van der Waals surface area contributed by atoms with Crippen LogP contribution in [0.2, 0.25) is 0 Å². The second kappa shape index (κ2) is 5.67. The highest BCUT2D eigenvalue weighted by atomic mass is 127. The lowest BCUT2D eigenvalue weighted by atomic mass is 10.1. The van der Waals surface area contributed by atoms with Gasteiger partial charge in [0.05, 0.1) is 6.20 Å². The Morgan fingerprint density at radius 3 is 2.59 bits per heavy atom. The molecular weight excluding hydrogens is 323 g/mol. The number of halogens is 1. The van der Waals surface area contributed by atoms with Gasteiger partial charge in [0.1, 0.15) is 0 Å². The van der Waals surface area contributed by atoms with Crippen LogP contribution in [-0.4, -0.2) is 9.78 Å². The summed E-state index contributed by atoms with van der Waals surface area (Å²) in [6.07, 6.45) is 6.46. The van der Waals surface area contributed by atoms with E-state index in [2.05, 4.69) is 76.7 Å². The average molecular weight is 340 g/mol. The highest BCUT2D eigenvalue weighted by Crippen LogP contribution is 2.22. The van der Waals surface area contributed by atoms with E-state index in [0.29, 0.717) is 6.04 Å². The van der Waals surface area contributed by atoms with E-state index < -0.39 is 0 Å². The minimum atomic E-state index is 0.484. The molecule has 0 amide bonds. The summed E-state index contributed by atoms with van der Waals surface area (Å²) < 4.78 is 3.33. The van der Waals surface area contributed by atoms with E-state index in [4.69, 9.17) is 0 Å². The van der Waals surface area contributed by atoms with Gasteiger partial charge in [0, 0.05) is 21.4 Å². The Morgan fingerprint density at radius 2 is 1.94 bits per heavy atom. The van der Waals surface area contributed by atoms with Crippen molar-refractivity contribution in [3.8, 4) is 11.1 Å². The van der Waals surface area contributed by atoms with Crippen LogP contribution in [0.15, 0.2) is 36.7 Å². The van der Waals surface area contributed by atoms with Crippen LogP contribution in [0.5, 0.6) is 0 Å². The summed E-state index contributed by atoms with van der Waals surface area (Å²) >= 11 is 2.32. The molecule has 1 aromatic carbocycles. The van der Waals surface area contributed by atoms with Crippen molar-refractivity contribution in [2.75, 3.05) is 0 Å². The van der Waals surface area contributed by atoms with Crippen molar-refractivity contribution >= 4 is 22.6 Å².